The van der Waals surface area contributed by atoms with Crippen molar-refractivity contribution in [2.75, 3.05) is 20.2 Å². The van der Waals surface area contributed by atoms with Crippen LogP contribution < -0.4 is 10.1 Å². The lowest BCUT2D eigenvalue weighted by Crippen LogP contribution is -2.41. The molecule has 1 aromatic rings. The molecule has 0 aliphatic heterocycles. The van der Waals surface area contributed by atoms with Crippen LogP contribution in [0.4, 0.5) is 4.79 Å². The van der Waals surface area contributed by atoms with E-state index < -0.39 is 5.97 Å². The molecule has 0 aliphatic carbocycles. The molecular formula is C16H24N2O4. The molecule has 0 fully saturated rings. The summed E-state index contributed by atoms with van der Waals surface area (Å²) in [5, 5.41) is 11.3. The Morgan fingerprint density at radius 1 is 1.41 bits per heavy atom. The zero-order valence-corrected chi connectivity index (χ0v) is 13.3. The second-order valence-electron chi connectivity index (χ2n) is 4.97. The van der Waals surface area contributed by atoms with Crippen LogP contribution in [0.5, 0.6) is 5.75 Å². The molecule has 2 N–H and O–H groups in total. The summed E-state index contributed by atoms with van der Waals surface area (Å²) in [6, 6.07) is 7.32. The molecule has 0 saturated heterocycles. The summed E-state index contributed by atoms with van der Waals surface area (Å²) in [7, 11) is 1.61. The van der Waals surface area contributed by atoms with Gasteiger partial charge in [0.05, 0.1) is 13.2 Å². The van der Waals surface area contributed by atoms with Crippen molar-refractivity contribution in [1.29, 1.82) is 0 Å². The first-order chi connectivity index (χ1) is 10.5. The maximum Gasteiger partial charge on any atom is 0.317 e. The second-order valence-corrected chi connectivity index (χ2v) is 4.97. The van der Waals surface area contributed by atoms with Crippen LogP contribution in [0.2, 0.25) is 0 Å². The molecule has 0 saturated carbocycles. The van der Waals surface area contributed by atoms with Crippen LogP contribution in [-0.4, -0.2) is 42.2 Å². The van der Waals surface area contributed by atoms with Crippen molar-refractivity contribution in [1.82, 2.24) is 10.2 Å². The standard InChI is InChI=1S/C16H24N2O4/c1-4-18(16(21)17-10-6-9-15(19)20)12(2)13-7-5-8-14(11-13)22-3/h5,7-8,11-12H,4,6,9-10H2,1-3H3,(H,17,21)(H,19,20). The van der Waals surface area contributed by atoms with Gasteiger partial charge in [0, 0.05) is 19.5 Å². The fourth-order valence-electron chi connectivity index (χ4n) is 2.21. The van der Waals surface area contributed by atoms with E-state index in [1.54, 1.807) is 12.0 Å². The first kappa shape index (κ1) is 17.8. The zero-order valence-electron chi connectivity index (χ0n) is 13.3. The van der Waals surface area contributed by atoms with Crippen molar-refractivity contribution < 1.29 is 19.4 Å². The van der Waals surface area contributed by atoms with E-state index in [1.165, 1.54) is 0 Å². The molecule has 1 atom stereocenters. The average Bonchev–Trinajstić information content (AvgIpc) is 2.52. The number of aliphatic carboxylic acids is 1. The van der Waals surface area contributed by atoms with Crippen LogP contribution in [0.15, 0.2) is 24.3 Å². The lowest BCUT2D eigenvalue weighted by molar-refractivity contribution is -0.137. The summed E-state index contributed by atoms with van der Waals surface area (Å²) in [5.41, 5.74) is 0.988. The van der Waals surface area contributed by atoms with E-state index >= 15 is 0 Å². The maximum absolute atomic E-state index is 12.2. The Labute approximate surface area is 131 Å². The molecule has 0 aliphatic rings. The summed E-state index contributed by atoms with van der Waals surface area (Å²) in [5.74, 6) is -0.103. The smallest absolute Gasteiger partial charge is 0.317 e. The number of ether oxygens (including phenoxy) is 1. The molecule has 1 unspecified atom stereocenters. The van der Waals surface area contributed by atoms with E-state index in [-0.39, 0.29) is 18.5 Å². The van der Waals surface area contributed by atoms with Crippen LogP contribution in [0.1, 0.15) is 38.3 Å². The van der Waals surface area contributed by atoms with E-state index in [4.69, 9.17) is 9.84 Å². The topological polar surface area (TPSA) is 78.9 Å². The molecule has 0 spiro atoms. The molecule has 6 nitrogen and oxygen atoms in total. The minimum absolute atomic E-state index is 0.0534. The largest absolute Gasteiger partial charge is 0.497 e. The molecule has 0 aromatic heterocycles. The highest BCUT2D eigenvalue weighted by Crippen LogP contribution is 2.23. The number of nitrogens with one attached hydrogen (secondary N) is 1. The molecule has 1 aromatic carbocycles. The van der Waals surface area contributed by atoms with E-state index in [1.807, 2.05) is 38.1 Å². The number of amides is 2. The fraction of sp³-hybridized carbons (Fsp3) is 0.500. The van der Waals surface area contributed by atoms with E-state index in [0.29, 0.717) is 19.5 Å². The van der Waals surface area contributed by atoms with Gasteiger partial charge >= 0.3 is 12.0 Å². The molecule has 22 heavy (non-hydrogen) atoms. The van der Waals surface area contributed by atoms with Crippen molar-refractivity contribution in [3.8, 4) is 5.75 Å². The Morgan fingerprint density at radius 2 is 2.14 bits per heavy atom. The highest BCUT2D eigenvalue weighted by Gasteiger charge is 2.19. The van der Waals surface area contributed by atoms with Crippen LogP contribution in [-0.2, 0) is 4.79 Å². The third kappa shape index (κ3) is 5.27. The SMILES string of the molecule is CCN(C(=O)NCCCC(=O)O)C(C)c1cccc(OC)c1. The third-order valence-electron chi connectivity index (χ3n) is 3.49. The summed E-state index contributed by atoms with van der Waals surface area (Å²) in [6.45, 7) is 4.78. The summed E-state index contributed by atoms with van der Waals surface area (Å²) >= 11 is 0. The second kappa shape index (κ2) is 8.92. The number of rotatable bonds is 8. The molecule has 6 heteroatoms. The molecule has 0 radical (unpaired) electrons. The lowest BCUT2D eigenvalue weighted by atomic mass is 10.1. The Bertz CT molecular complexity index is 505. The number of carboxylic acid groups (broad SMARTS) is 1. The van der Waals surface area contributed by atoms with Crippen LogP contribution in [0.25, 0.3) is 0 Å². The Kier molecular flexibility index (Phi) is 7.22. The molecule has 0 bridgehead atoms. The predicted octanol–water partition coefficient (Wildman–Crippen LogP) is 2.65. The van der Waals surface area contributed by atoms with E-state index in [0.717, 1.165) is 11.3 Å². The number of hydrogen-bond donors (Lipinski definition) is 2. The molecule has 0 heterocycles. The molecule has 1 rings (SSSR count). The van der Waals surface area contributed by atoms with Gasteiger partial charge < -0.3 is 20.1 Å². The zero-order chi connectivity index (χ0) is 16.5. The van der Waals surface area contributed by atoms with Crippen molar-refractivity contribution in [3.05, 3.63) is 29.8 Å². The molecule has 122 valence electrons. The van der Waals surface area contributed by atoms with Crippen molar-refractivity contribution in [3.63, 3.8) is 0 Å². The van der Waals surface area contributed by atoms with Gasteiger partial charge in [-0.25, -0.2) is 4.79 Å². The third-order valence-corrected chi connectivity index (χ3v) is 3.49. The van der Waals surface area contributed by atoms with Gasteiger partial charge in [-0.05, 0) is 38.0 Å². The van der Waals surface area contributed by atoms with Gasteiger partial charge in [0.1, 0.15) is 5.75 Å². The normalized spacial score (nSPS) is 11.6. The average molecular weight is 308 g/mol. The predicted molar refractivity (Wildman–Crippen MR) is 84.1 cm³/mol. The van der Waals surface area contributed by atoms with E-state index in [9.17, 15) is 9.59 Å². The van der Waals surface area contributed by atoms with Crippen LogP contribution in [0, 0.1) is 0 Å². The number of carboxylic acids is 1. The van der Waals surface area contributed by atoms with E-state index in [2.05, 4.69) is 5.32 Å². The Balaban J connectivity index is 2.64. The number of methoxy groups -OCH3 is 1. The van der Waals surface area contributed by atoms with Gasteiger partial charge in [0.2, 0.25) is 0 Å². The van der Waals surface area contributed by atoms with Crippen molar-refractivity contribution in [2.24, 2.45) is 0 Å². The minimum atomic E-state index is -0.855. The number of carbonyl (C=O) groups is 2. The summed E-state index contributed by atoms with van der Waals surface area (Å²) in [4.78, 5) is 24.4. The van der Waals surface area contributed by atoms with Gasteiger partial charge in [-0.1, -0.05) is 12.1 Å². The van der Waals surface area contributed by atoms with Crippen LogP contribution in [0.3, 0.4) is 0 Å². The highest BCUT2D eigenvalue weighted by atomic mass is 16.5. The number of hydrogen-bond acceptors (Lipinski definition) is 3. The van der Waals surface area contributed by atoms with Crippen molar-refractivity contribution >= 4 is 12.0 Å². The van der Waals surface area contributed by atoms with Gasteiger partial charge in [-0.2, -0.15) is 0 Å². The first-order valence-corrected chi connectivity index (χ1v) is 7.39. The Morgan fingerprint density at radius 3 is 2.73 bits per heavy atom. The quantitative estimate of drug-likeness (QED) is 0.724. The number of benzene rings is 1. The fourth-order valence-corrected chi connectivity index (χ4v) is 2.21. The summed E-state index contributed by atoms with van der Waals surface area (Å²) in [6.07, 6.45) is 0.476. The van der Waals surface area contributed by atoms with Gasteiger partial charge in [-0.15, -0.1) is 0 Å². The van der Waals surface area contributed by atoms with Crippen LogP contribution >= 0.6 is 0 Å². The minimum Gasteiger partial charge on any atom is -0.497 e. The lowest BCUT2D eigenvalue weighted by Gasteiger charge is -2.28. The number of carbonyl (C=O) groups excluding carboxylic acids is 1. The molecule has 2 amide bonds. The Hall–Kier alpha value is -2.24. The highest BCUT2D eigenvalue weighted by molar-refractivity contribution is 5.74. The monoisotopic (exact) mass is 308 g/mol. The van der Waals surface area contributed by atoms with Crippen molar-refractivity contribution in [2.45, 2.75) is 32.7 Å². The first-order valence-electron chi connectivity index (χ1n) is 7.39. The van der Waals surface area contributed by atoms with Gasteiger partial charge in [-0.3, -0.25) is 4.79 Å². The number of urea groups is 1. The summed E-state index contributed by atoms with van der Waals surface area (Å²) < 4.78 is 5.21. The number of nitrogens with zero attached hydrogens (tertiary/aromatic N) is 1. The maximum atomic E-state index is 12.2. The molecular weight excluding hydrogens is 284 g/mol. The van der Waals surface area contributed by atoms with Gasteiger partial charge in [0.15, 0.2) is 0 Å². The van der Waals surface area contributed by atoms with Gasteiger partial charge in [0.25, 0.3) is 0 Å².